The number of rotatable bonds is 4. The van der Waals surface area contributed by atoms with E-state index in [1.165, 1.54) is 32.1 Å². The average molecular weight is 240 g/mol. The third-order valence-corrected chi connectivity index (χ3v) is 4.16. The Kier molecular flexibility index (Phi) is 4.27. The van der Waals surface area contributed by atoms with Gasteiger partial charge in [0, 0.05) is 11.7 Å². The van der Waals surface area contributed by atoms with Crippen LogP contribution in [0.3, 0.4) is 0 Å². The zero-order chi connectivity index (χ0) is 11.4. The van der Waals surface area contributed by atoms with E-state index in [0.29, 0.717) is 11.8 Å². The van der Waals surface area contributed by atoms with E-state index >= 15 is 0 Å². The maximum Gasteiger partial charge on any atom is 0.276 e. The van der Waals surface area contributed by atoms with Gasteiger partial charge in [0.05, 0.1) is 0 Å². The van der Waals surface area contributed by atoms with Gasteiger partial charge >= 0.3 is 0 Å². The summed E-state index contributed by atoms with van der Waals surface area (Å²) in [5, 5.41) is 9.03. The smallest absolute Gasteiger partial charge is 0.276 e. The van der Waals surface area contributed by atoms with Gasteiger partial charge in [0.15, 0.2) is 0 Å². The van der Waals surface area contributed by atoms with Gasteiger partial charge in [-0.25, -0.2) is 0 Å². The summed E-state index contributed by atoms with van der Waals surface area (Å²) in [6.45, 7) is 4.40. The van der Waals surface area contributed by atoms with E-state index in [-0.39, 0.29) is 0 Å². The summed E-state index contributed by atoms with van der Waals surface area (Å²) in [4.78, 5) is 0. The maximum absolute atomic E-state index is 5.71. The van der Waals surface area contributed by atoms with Crippen LogP contribution in [0.15, 0.2) is 9.64 Å². The standard InChI is InChI=1S/C12H20N2OS/c1-9(2)8-16-12-14-13-11(15-12)10-6-4-3-5-7-10/h9-10H,3-8H2,1-2H3. The molecular weight excluding hydrogens is 220 g/mol. The van der Waals surface area contributed by atoms with Gasteiger partial charge in [0.25, 0.3) is 5.22 Å². The van der Waals surface area contributed by atoms with Gasteiger partial charge < -0.3 is 4.42 Å². The second-order valence-corrected chi connectivity index (χ2v) is 5.92. The monoisotopic (exact) mass is 240 g/mol. The molecule has 1 saturated carbocycles. The molecule has 0 saturated heterocycles. The van der Waals surface area contributed by atoms with Crippen molar-refractivity contribution in [1.82, 2.24) is 10.2 Å². The van der Waals surface area contributed by atoms with Crippen molar-refractivity contribution in [2.75, 3.05) is 5.75 Å². The summed E-state index contributed by atoms with van der Waals surface area (Å²) >= 11 is 1.67. The minimum Gasteiger partial charge on any atom is -0.416 e. The van der Waals surface area contributed by atoms with E-state index in [9.17, 15) is 0 Å². The third-order valence-electron chi connectivity index (χ3n) is 2.92. The van der Waals surface area contributed by atoms with Crippen LogP contribution in [0.4, 0.5) is 0 Å². The lowest BCUT2D eigenvalue weighted by Gasteiger charge is -2.17. The molecule has 0 bridgehead atoms. The highest BCUT2D eigenvalue weighted by molar-refractivity contribution is 7.99. The Morgan fingerprint density at radius 3 is 2.69 bits per heavy atom. The van der Waals surface area contributed by atoms with Crippen molar-refractivity contribution in [3.05, 3.63) is 5.89 Å². The van der Waals surface area contributed by atoms with Crippen LogP contribution >= 0.6 is 11.8 Å². The zero-order valence-electron chi connectivity index (χ0n) is 10.1. The van der Waals surface area contributed by atoms with Crippen molar-refractivity contribution in [1.29, 1.82) is 0 Å². The molecule has 4 heteroatoms. The van der Waals surface area contributed by atoms with Crippen LogP contribution in [0.2, 0.25) is 0 Å². The number of thioether (sulfide) groups is 1. The predicted octanol–water partition coefficient (Wildman–Crippen LogP) is 3.87. The number of aromatic nitrogens is 2. The minimum atomic E-state index is 0.523. The molecule has 0 amide bonds. The molecule has 1 aliphatic carbocycles. The Morgan fingerprint density at radius 1 is 1.25 bits per heavy atom. The molecule has 0 aliphatic heterocycles. The summed E-state index contributed by atoms with van der Waals surface area (Å²) < 4.78 is 5.71. The highest BCUT2D eigenvalue weighted by Gasteiger charge is 2.21. The molecule has 0 N–H and O–H groups in total. The summed E-state index contributed by atoms with van der Waals surface area (Å²) in [5.74, 6) is 3.10. The molecule has 0 radical (unpaired) electrons. The molecule has 1 aliphatic rings. The van der Waals surface area contributed by atoms with Crippen LogP contribution in [0.1, 0.15) is 57.8 Å². The molecule has 0 atom stereocenters. The predicted molar refractivity (Wildman–Crippen MR) is 65.7 cm³/mol. The lowest BCUT2D eigenvalue weighted by molar-refractivity contribution is 0.334. The van der Waals surface area contributed by atoms with E-state index < -0.39 is 0 Å². The average Bonchev–Trinajstić information content (AvgIpc) is 2.76. The first-order chi connectivity index (χ1) is 7.75. The molecule has 3 nitrogen and oxygen atoms in total. The van der Waals surface area contributed by atoms with Crippen molar-refractivity contribution in [3.63, 3.8) is 0 Å². The highest BCUT2D eigenvalue weighted by atomic mass is 32.2. The molecule has 1 heterocycles. The quantitative estimate of drug-likeness (QED) is 0.749. The first-order valence-electron chi connectivity index (χ1n) is 6.22. The van der Waals surface area contributed by atoms with Crippen LogP contribution in [0.5, 0.6) is 0 Å². The Morgan fingerprint density at radius 2 is 2.00 bits per heavy atom. The number of nitrogens with zero attached hydrogens (tertiary/aromatic N) is 2. The topological polar surface area (TPSA) is 38.9 Å². The van der Waals surface area contributed by atoms with E-state index in [4.69, 9.17) is 4.42 Å². The van der Waals surface area contributed by atoms with E-state index in [2.05, 4.69) is 24.0 Å². The molecule has 16 heavy (non-hydrogen) atoms. The first kappa shape index (κ1) is 12.0. The molecule has 1 aromatic heterocycles. The van der Waals surface area contributed by atoms with Crippen molar-refractivity contribution in [2.45, 2.75) is 57.1 Å². The van der Waals surface area contributed by atoms with Crippen LogP contribution in [0, 0.1) is 5.92 Å². The Hall–Kier alpha value is -0.510. The highest BCUT2D eigenvalue weighted by Crippen LogP contribution is 2.33. The maximum atomic E-state index is 5.71. The van der Waals surface area contributed by atoms with Crippen LogP contribution in [-0.4, -0.2) is 16.0 Å². The van der Waals surface area contributed by atoms with E-state index in [0.717, 1.165) is 16.9 Å². The molecule has 1 aromatic rings. The van der Waals surface area contributed by atoms with Crippen molar-refractivity contribution in [2.24, 2.45) is 5.92 Å². The molecule has 0 unspecified atom stereocenters. The Balaban J connectivity index is 1.90. The van der Waals surface area contributed by atoms with Gasteiger partial charge in [0.1, 0.15) is 0 Å². The molecule has 1 fully saturated rings. The van der Waals surface area contributed by atoms with Crippen molar-refractivity contribution >= 4 is 11.8 Å². The SMILES string of the molecule is CC(C)CSc1nnc(C2CCCCC2)o1. The molecule has 90 valence electrons. The zero-order valence-corrected chi connectivity index (χ0v) is 10.9. The first-order valence-corrected chi connectivity index (χ1v) is 7.20. The molecular formula is C12H20N2OS. The molecule has 0 aromatic carbocycles. The fourth-order valence-electron chi connectivity index (χ4n) is 2.03. The summed E-state index contributed by atoms with van der Waals surface area (Å²) in [6, 6.07) is 0. The number of hydrogen-bond acceptors (Lipinski definition) is 4. The molecule has 2 rings (SSSR count). The fourth-order valence-corrected chi connectivity index (χ4v) is 2.75. The Labute approximate surface area is 101 Å². The second kappa shape index (κ2) is 5.71. The summed E-state index contributed by atoms with van der Waals surface area (Å²) in [7, 11) is 0. The van der Waals surface area contributed by atoms with Gasteiger partial charge in [-0.15, -0.1) is 10.2 Å². The largest absolute Gasteiger partial charge is 0.416 e. The fraction of sp³-hybridized carbons (Fsp3) is 0.833. The third kappa shape index (κ3) is 3.24. The van der Waals surface area contributed by atoms with Crippen LogP contribution in [0.25, 0.3) is 0 Å². The molecule has 0 spiro atoms. The lowest BCUT2D eigenvalue weighted by atomic mass is 9.89. The van der Waals surface area contributed by atoms with Gasteiger partial charge in [0.2, 0.25) is 5.89 Å². The van der Waals surface area contributed by atoms with Crippen LogP contribution in [-0.2, 0) is 0 Å². The van der Waals surface area contributed by atoms with Gasteiger partial charge in [-0.3, -0.25) is 0 Å². The minimum absolute atomic E-state index is 0.523. The normalized spacial score (nSPS) is 18.2. The number of hydrogen-bond donors (Lipinski definition) is 0. The lowest BCUT2D eigenvalue weighted by Crippen LogP contribution is -2.04. The van der Waals surface area contributed by atoms with Crippen molar-refractivity contribution < 1.29 is 4.42 Å². The Bertz CT molecular complexity index is 319. The van der Waals surface area contributed by atoms with Crippen LogP contribution < -0.4 is 0 Å². The van der Waals surface area contributed by atoms with E-state index in [1.54, 1.807) is 11.8 Å². The van der Waals surface area contributed by atoms with Gasteiger partial charge in [-0.2, -0.15) is 0 Å². The van der Waals surface area contributed by atoms with Gasteiger partial charge in [-0.05, 0) is 18.8 Å². The van der Waals surface area contributed by atoms with Crippen molar-refractivity contribution in [3.8, 4) is 0 Å². The summed E-state index contributed by atoms with van der Waals surface area (Å²) in [5.41, 5.74) is 0. The van der Waals surface area contributed by atoms with E-state index in [1.807, 2.05) is 0 Å². The van der Waals surface area contributed by atoms with Gasteiger partial charge in [-0.1, -0.05) is 44.9 Å². The second-order valence-electron chi connectivity index (χ2n) is 4.95. The summed E-state index contributed by atoms with van der Waals surface area (Å²) in [6.07, 6.45) is 6.41.